The van der Waals surface area contributed by atoms with Crippen molar-refractivity contribution in [1.29, 1.82) is 0 Å². The number of hydrogen-bond acceptors (Lipinski definition) is 7. The first-order chi connectivity index (χ1) is 11.6. The van der Waals surface area contributed by atoms with Crippen molar-refractivity contribution in [2.75, 3.05) is 12.9 Å². The summed E-state index contributed by atoms with van der Waals surface area (Å²) in [5, 5.41) is 10.2. The number of ketones is 1. The maximum Gasteiger partial charge on any atom is 0.264 e. The standard InChI is InChI=1S/C17H32O7S/c1-5-6-7-8-9-10-11-13(18)15-16(24-17(2,3)23-15)14(19)12-22-25(4,20)21/h14-16,19H,5-12H2,1-4H3/t14-,15-,16+/m0/s1. The number of aliphatic hydroxyl groups is 1. The van der Waals surface area contributed by atoms with E-state index in [2.05, 4.69) is 11.1 Å². The van der Waals surface area contributed by atoms with Crippen molar-refractivity contribution in [2.45, 2.75) is 89.8 Å². The normalized spacial score (nSPS) is 24.4. The smallest absolute Gasteiger partial charge is 0.264 e. The van der Waals surface area contributed by atoms with Crippen molar-refractivity contribution in [3.8, 4) is 0 Å². The Bertz CT molecular complexity index is 515. The molecule has 0 amide bonds. The van der Waals surface area contributed by atoms with Gasteiger partial charge in [0.1, 0.15) is 18.3 Å². The number of aliphatic hydroxyl groups excluding tert-OH is 1. The van der Waals surface area contributed by atoms with E-state index in [1.807, 2.05) is 0 Å². The van der Waals surface area contributed by atoms with Crippen LogP contribution in [0.3, 0.4) is 0 Å². The third kappa shape index (κ3) is 8.59. The molecule has 1 N–H and O–H groups in total. The van der Waals surface area contributed by atoms with Crippen LogP contribution in [-0.2, 0) is 28.6 Å². The molecule has 3 atom stereocenters. The fourth-order valence-corrected chi connectivity index (χ4v) is 3.22. The van der Waals surface area contributed by atoms with Gasteiger partial charge >= 0.3 is 0 Å². The molecule has 148 valence electrons. The van der Waals surface area contributed by atoms with Gasteiger partial charge in [-0.25, -0.2) is 0 Å². The number of rotatable bonds is 12. The third-order valence-electron chi connectivity index (χ3n) is 4.06. The van der Waals surface area contributed by atoms with Crippen molar-refractivity contribution in [1.82, 2.24) is 0 Å². The highest BCUT2D eigenvalue weighted by Crippen LogP contribution is 2.31. The molecule has 1 rings (SSSR count). The first-order valence-electron chi connectivity index (χ1n) is 8.96. The lowest BCUT2D eigenvalue weighted by atomic mass is 10.00. The Balaban J connectivity index is 2.54. The minimum absolute atomic E-state index is 0.135. The number of carbonyl (C=O) groups is 1. The van der Waals surface area contributed by atoms with E-state index < -0.39 is 40.8 Å². The van der Waals surface area contributed by atoms with Gasteiger partial charge in [-0.1, -0.05) is 39.0 Å². The van der Waals surface area contributed by atoms with Crippen molar-refractivity contribution < 1.29 is 32.0 Å². The summed E-state index contributed by atoms with van der Waals surface area (Å²) in [7, 11) is -3.68. The van der Waals surface area contributed by atoms with E-state index in [0.29, 0.717) is 6.42 Å². The molecule has 0 unspecified atom stereocenters. The van der Waals surface area contributed by atoms with Crippen LogP contribution in [0.5, 0.6) is 0 Å². The molecule has 1 saturated heterocycles. The molecule has 0 bridgehead atoms. The van der Waals surface area contributed by atoms with Crippen LogP contribution in [-0.4, -0.2) is 56.3 Å². The van der Waals surface area contributed by atoms with Gasteiger partial charge in [-0.05, 0) is 20.3 Å². The molecule has 0 aromatic carbocycles. The highest BCUT2D eigenvalue weighted by molar-refractivity contribution is 7.85. The van der Waals surface area contributed by atoms with Crippen molar-refractivity contribution in [3.63, 3.8) is 0 Å². The van der Waals surface area contributed by atoms with E-state index in [4.69, 9.17) is 9.47 Å². The summed E-state index contributed by atoms with van der Waals surface area (Å²) in [4.78, 5) is 12.5. The maximum absolute atomic E-state index is 12.5. The SMILES string of the molecule is CCCCCCCCC(=O)[C@@H]1OC(C)(C)O[C@@H]1[C@@H](O)COS(C)(=O)=O. The zero-order valence-electron chi connectivity index (χ0n) is 15.7. The molecule has 25 heavy (non-hydrogen) atoms. The fourth-order valence-electron chi connectivity index (χ4n) is 2.83. The minimum atomic E-state index is -3.68. The van der Waals surface area contributed by atoms with Crippen LogP contribution in [0.15, 0.2) is 0 Å². The first-order valence-corrected chi connectivity index (χ1v) is 10.8. The lowest BCUT2D eigenvalue weighted by Crippen LogP contribution is -2.42. The quantitative estimate of drug-likeness (QED) is 0.409. The summed E-state index contributed by atoms with van der Waals surface area (Å²) in [5.41, 5.74) is 0. The number of Topliss-reactive ketones (excluding diaryl/α,β-unsaturated/α-hetero) is 1. The molecule has 0 aromatic rings. The second-order valence-electron chi connectivity index (χ2n) is 7.06. The number of unbranched alkanes of at least 4 members (excludes halogenated alkanes) is 5. The Hall–Kier alpha value is -0.540. The Kier molecular flexibility index (Phi) is 8.97. The van der Waals surface area contributed by atoms with E-state index in [-0.39, 0.29) is 5.78 Å². The summed E-state index contributed by atoms with van der Waals surface area (Å²) in [6.45, 7) is 5.00. The van der Waals surface area contributed by atoms with Crippen molar-refractivity contribution in [3.05, 3.63) is 0 Å². The van der Waals surface area contributed by atoms with Gasteiger partial charge in [0.15, 0.2) is 11.6 Å². The predicted molar refractivity (Wildman–Crippen MR) is 93.6 cm³/mol. The molecule has 8 heteroatoms. The van der Waals surface area contributed by atoms with Gasteiger partial charge in [-0.15, -0.1) is 0 Å². The molecule has 7 nitrogen and oxygen atoms in total. The topological polar surface area (TPSA) is 99.1 Å². The highest BCUT2D eigenvalue weighted by atomic mass is 32.2. The lowest BCUT2D eigenvalue weighted by Gasteiger charge is -2.21. The van der Waals surface area contributed by atoms with Gasteiger partial charge in [-0.2, -0.15) is 8.42 Å². The monoisotopic (exact) mass is 380 g/mol. The summed E-state index contributed by atoms with van der Waals surface area (Å²) >= 11 is 0. The van der Waals surface area contributed by atoms with Crippen LogP contribution in [0.2, 0.25) is 0 Å². The van der Waals surface area contributed by atoms with Crippen LogP contribution < -0.4 is 0 Å². The number of ether oxygens (including phenoxy) is 2. The maximum atomic E-state index is 12.5. The van der Waals surface area contributed by atoms with Gasteiger partial charge in [0.05, 0.1) is 12.9 Å². The Labute approximate surface area is 151 Å². The molecular formula is C17H32O7S. The van der Waals surface area contributed by atoms with Crippen molar-refractivity contribution >= 4 is 15.9 Å². The predicted octanol–water partition coefficient (Wildman–Crippen LogP) is 2.16. The summed E-state index contributed by atoms with van der Waals surface area (Å²) < 4.78 is 38.0. The van der Waals surface area contributed by atoms with Crippen LogP contribution in [0.4, 0.5) is 0 Å². The van der Waals surface area contributed by atoms with Crippen molar-refractivity contribution in [2.24, 2.45) is 0 Å². The second-order valence-corrected chi connectivity index (χ2v) is 8.70. The van der Waals surface area contributed by atoms with Gasteiger partial charge < -0.3 is 14.6 Å². The second kappa shape index (κ2) is 9.97. The molecule has 1 aliphatic heterocycles. The molecular weight excluding hydrogens is 348 g/mol. The largest absolute Gasteiger partial charge is 0.388 e. The first kappa shape index (κ1) is 22.5. The van der Waals surface area contributed by atoms with Crippen LogP contribution in [0, 0.1) is 0 Å². The van der Waals surface area contributed by atoms with E-state index in [0.717, 1.165) is 25.5 Å². The van der Waals surface area contributed by atoms with E-state index >= 15 is 0 Å². The molecule has 1 heterocycles. The van der Waals surface area contributed by atoms with Gasteiger partial charge in [0.25, 0.3) is 10.1 Å². The van der Waals surface area contributed by atoms with Crippen LogP contribution >= 0.6 is 0 Å². The number of carbonyl (C=O) groups excluding carboxylic acids is 1. The number of hydrogen-bond donors (Lipinski definition) is 1. The molecule has 0 aliphatic carbocycles. The average molecular weight is 381 g/mol. The molecule has 0 radical (unpaired) electrons. The van der Waals surface area contributed by atoms with Gasteiger partial charge in [0.2, 0.25) is 0 Å². The lowest BCUT2D eigenvalue weighted by molar-refractivity contribution is -0.160. The molecule has 1 aliphatic rings. The van der Waals surface area contributed by atoms with Gasteiger partial charge in [-0.3, -0.25) is 8.98 Å². The molecule has 1 fully saturated rings. The van der Waals surface area contributed by atoms with E-state index in [1.54, 1.807) is 13.8 Å². The molecule has 0 saturated carbocycles. The molecule has 0 aromatic heterocycles. The Morgan fingerprint density at radius 1 is 1.16 bits per heavy atom. The van der Waals surface area contributed by atoms with Crippen LogP contribution in [0.25, 0.3) is 0 Å². The summed E-state index contributed by atoms with van der Waals surface area (Å²) in [6.07, 6.45) is 4.53. The van der Waals surface area contributed by atoms with Crippen LogP contribution in [0.1, 0.15) is 65.7 Å². The summed E-state index contributed by atoms with van der Waals surface area (Å²) in [5.74, 6) is -1.15. The fraction of sp³-hybridized carbons (Fsp3) is 0.941. The average Bonchev–Trinajstić information content (AvgIpc) is 2.83. The van der Waals surface area contributed by atoms with Gasteiger partial charge in [0, 0.05) is 6.42 Å². The third-order valence-corrected chi connectivity index (χ3v) is 4.62. The zero-order chi connectivity index (χ0) is 19.1. The Morgan fingerprint density at radius 2 is 1.76 bits per heavy atom. The highest BCUT2D eigenvalue weighted by Gasteiger charge is 2.48. The summed E-state index contributed by atoms with van der Waals surface area (Å²) in [6, 6.07) is 0. The minimum Gasteiger partial charge on any atom is -0.388 e. The molecule has 0 spiro atoms. The zero-order valence-corrected chi connectivity index (χ0v) is 16.5. The van der Waals surface area contributed by atoms with E-state index in [1.165, 1.54) is 19.3 Å². The van der Waals surface area contributed by atoms with E-state index in [9.17, 15) is 18.3 Å². The Morgan fingerprint density at radius 3 is 2.36 bits per heavy atom.